The number of carbonyl (C=O) groups is 3. The summed E-state index contributed by atoms with van der Waals surface area (Å²) < 4.78 is 16.7. The average molecular weight is 827 g/mol. The summed E-state index contributed by atoms with van der Waals surface area (Å²) >= 11 is 0. The predicted octanol–water partition coefficient (Wildman–Crippen LogP) is 16.3. The van der Waals surface area contributed by atoms with E-state index >= 15 is 0 Å². The number of allylic oxidation sites excluding steroid dienone is 8. The Morgan fingerprint density at radius 3 is 1.00 bits per heavy atom. The first kappa shape index (κ1) is 56.4. The summed E-state index contributed by atoms with van der Waals surface area (Å²) in [7, 11) is 0. The van der Waals surface area contributed by atoms with Gasteiger partial charge in [0.25, 0.3) is 0 Å². The van der Waals surface area contributed by atoms with Crippen LogP contribution in [-0.4, -0.2) is 37.2 Å². The van der Waals surface area contributed by atoms with Gasteiger partial charge in [0.2, 0.25) is 0 Å². The van der Waals surface area contributed by atoms with Crippen molar-refractivity contribution in [1.82, 2.24) is 0 Å². The third-order valence-corrected chi connectivity index (χ3v) is 10.9. The zero-order chi connectivity index (χ0) is 43.0. The van der Waals surface area contributed by atoms with Crippen LogP contribution in [0.15, 0.2) is 48.6 Å². The summed E-state index contributed by atoms with van der Waals surface area (Å²) in [5, 5.41) is 0. The van der Waals surface area contributed by atoms with E-state index in [0.29, 0.717) is 19.3 Å². The lowest BCUT2D eigenvalue weighted by atomic mass is 10.0. The van der Waals surface area contributed by atoms with Gasteiger partial charge in [0, 0.05) is 19.3 Å². The topological polar surface area (TPSA) is 78.9 Å². The third kappa shape index (κ3) is 46.3. The molecule has 0 saturated heterocycles. The molecule has 59 heavy (non-hydrogen) atoms. The van der Waals surface area contributed by atoms with Crippen LogP contribution in [0.5, 0.6) is 0 Å². The summed E-state index contributed by atoms with van der Waals surface area (Å²) in [6, 6.07) is 0. The van der Waals surface area contributed by atoms with E-state index in [1.54, 1.807) is 0 Å². The number of hydrogen-bond acceptors (Lipinski definition) is 6. The molecule has 0 bridgehead atoms. The van der Waals surface area contributed by atoms with E-state index in [4.69, 9.17) is 14.2 Å². The van der Waals surface area contributed by atoms with Crippen LogP contribution in [-0.2, 0) is 28.6 Å². The van der Waals surface area contributed by atoms with E-state index in [9.17, 15) is 14.4 Å². The molecule has 0 radical (unpaired) electrons. The highest BCUT2D eigenvalue weighted by Crippen LogP contribution is 2.15. The van der Waals surface area contributed by atoms with Crippen LogP contribution in [0, 0.1) is 0 Å². The first-order valence-corrected chi connectivity index (χ1v) is 25.2. The summed E-state index contributed by atoms with van der Waals surface area (Å²) in [5.74, 6) is -0.919. The molecule has 1 atom stereocenters. The summed E-state index contributed by atoms with van der Waals surface area (Å²) in [5.41, 5.74) is 0. The third-order valence-electron chi connectivity index (χ3n) is 10.9. The maximum Gasteiger partial charge on any atom is 0.306 e. The molecule has 0 aromatic carbocycles. The number of ether oxygens (including phenoxy) is 3. The zero-order valence-corrected chi connectivity index (χ0v) is 39.0. The number of unbranched alkanes of at least 4 members (excludes halogenated alkanes) is 28. The van der Waals surface area contributed by atoms with Gasteiger partial charge >= 0.3 is 17.9 Å². The molecule has 6 heteroatoms. The molecule has 6 nitrogen and oxygen atoms in total. The van der Waals surface area contributed by atoms with Gasteiger partial charge in [-0.1, -0.05) is 217 Å². The number of rotatable bonds is 45. The molecule has 0 aromatic heterocycles. The Bertz CT molecular complexity index is 1040. The van der Waals surface area contributed by atoms with Crippen molar-refractivity contribution in [3.63, 3.8) is 0 Å². The van der Waals surface area contributed by atoms with Gasteiger partial charge in [0.1, 0.15) is 13.2 Å². The first-order valence-electron chi connectivity index (χ1n) is 25.2. The lowest BCUT2D eigenvalue weighted by Gasteiger charge is -2.18. The molecule has 0 aliphatic heterocycles. The lowest BCUT2D eigenvalue weighted by Crippen LogP contribution is -2.30. The minimum Gasteiger partial charge on any atom is -0.462 e. The van der Waals surface area contributed by atoms with Gasteiger partial charge in [-0.2, -0.15) is 0 Å². The Labute approximate surface area is 365 Å². The van der Waals surface area contributed by atoms with Crippen molar-refractivity contribution in [3.05, 3.63) is 48.6 Å². The van der Waals surface area contributed by atoms with Gasteiger partial charge in [-0.15, -0.1) is 0 Å². The highest BCUT2D eigenvalue weighted by molar-refractivity contribution is 5.71. The van der Waals surface area contributed by atoms with E-state index in [0.717, 1.165) is 77.0 Å². The average Bonchev–Trinajstić information content (AvgIpc) is 3.23. The Morgan fingerprint density at radius 1 is 0.339 bits per heavy atom. The molecule has 1 unspecified atom stereocenters. The van der Waals surface area contributed by atoms with Gasteiger partial charge < -0.3 is 14.2 Å². The Morgan fingerprint density at radius 2 is 0.610 bits per heavy atom. The fraction of sp³-hybridized carbons (Fsp3) is 0.792. The summed E-state index contributed by atoms with van der Waals surface area (Å²) in [6.45, 7) is 6.53. The molecule has 0 fully saturated rings. The van der Waals surface area contributed by atoms with E-state index in [2.05, 4.69) is 69.4 Å². The van der Waals surface area contributed by atoms with Gasteiger partial charge in [-0.25, -0.2) is 0 Å². The standard InChI is InChI=1S/C53H94O6/c1-4-7-10-13-16-19-22-24-26-28-31-34-37-40-43-46-52(55)58-49-50(48-57-51(54)45-42-39-36-33-30-21-18-15-12-9-6-3)59-53(56)47-44-41-38-35-32-29-27-25-23-20-17-14-11-8-5-2/h15-16,18-19,21-22,24,30,50H,4-14,17,20,23,25-29,31-49H2,1-3H3/b18-15-,19-16-,24-22-,30-21-. The SMILES string of the molecule is CCCC/C=C\C=C/CCCCCC(=O)OCC(COC(=O)CCCCCCCC/C=C\C=C/CCCCC)OC(=O)CCCCCCCCCCCCCCCCC. The molecular formula is C53H94O6. The van der Waals surface area contributed by atoms with Gasteiger partial charge in [0.05, 0.1) is 0 Å². The van der Waals surface area contributed by atoms with Crippen LogP contribution >= 0.6 is 0 Å². The van der Waals surface area contributed by atoms with E-state index in [1.807, 2.05) is 0 Å². The van der Waals surface area contributed by atoms with Crippen molar-refractivity contribution in [3.8, 4) is 0 Å². The smallest absolute Gasteiger partial charge is 0.306 e. The van der Waals surface area contributed by atoms with Crippen molar-refractivity contribution in [2.45, 2.75) is 258 Å². The first-order chi connectivity index (χ1) is 29.0. The normalized spacial score (nSPS) is 12.4. The molecule has 342 valence electrons. The van der Waals surface area contributed by atoms with Crippen molar-refractivity contribution in [2.24, 2.45) is 0 Å². The number of carbonyl (C=O) groups excluding carboxylic acids is 3. The number of hydrogen-bond donors (Lipinski definition) is 0. The monoisotopic (exact) mass is 827 g/mol. The Hall–Kier alpha value is -2.63. The van der Waals surface area contributed by atoms with Crippen LogP contribution in [0.25, 0.3) is 0 Å². The number of esters is 3. The van der Waals surface area contributed by atoms with Crippen LogP contribution in [0.4, 0.5) is 0 Å². The van der Waals surface area contributed by atoms with Gasteiger partial charge in [-0.05, 0) is 64.2 Å². The molecule has 0 aliphatic carbocycles. The van der Waals surface area contributed by atoms with Crippen molar-refractivity contribution in [2.75, 3.05) is 13.2 Å². The predicted molar refractivity (Wildman–Crippen MR) is 252 cm³/mol. The van der Waals surface area contributed by atoms with Crippen LogP contribution < -0.4 is 0 Å². The molecule has 0 rings (SSSR count). The molecular weight excluding hydrogens is 733 g/mol. The quantitative estimate of drug-likeness (QED) is 0.0263. The van der Waals surface area contributed by atoms with E-state index < -0.39 is 6.10 Å². The van der Waals surface area contributed by atoms with Crippen molar-refractivity contribution < 1.29 is 28.6 Å². The minimum atomic E-state index is -0.784. The second-order valence-corrected chi connectivity index (χ2v) is 16.8. The maximum absolute atomic E-state index is 12.8. The molecule has 0 heterocycles. The molecule has 0 spiro atoms. The van der Waals surface area contributed by atoms with Gasteiger partial charge in [-0.3, -0.25) is 14.4 Å². The largest absolute Gasteiger partial charge is 0.462 e. The fourth-order valence-corrected chi connectivity index (χ4v) is 7.00. The molecule has 0 amide bonds. The summed E-state index contributed by atoms with van der Waals surface area (Å²) in [4.78, 5) is 37.9. The highest BCUT2D eigenvalue weighted by Gasteiger charge is 2.19. The van der Waals surface area contributed by atoms with Crippen LogP contribution in [0.3, 0.4) is 0 Å². The van der Waals surface area contributed by atoms with Crippen LogP contribution in [0.2, 0.25) is 0 Å². The van der Waals surface area contributed by atoms with Crippen LogP contribution in [0.1, 0.15) is 252 Å². The maximum atomic E-state index is 12.8. The molecule has 0 saturated carbocycles. The minimum absolute atomic E-state index is 0.0859. The Balaban J connectivity index is 4.39. The fourth-order valence-electron chi connectivity index (χ4n) is 7.00. The van der Waals surface area contributed by atoms with E-state index in [1.165, 1.54) is 135 Å². The second-order valence-electron chi connectivity index (χ2n) is 16.8. The second kappa shape index (κ2) is 48.0. The molecule has 0 aromatic rings. The zero-order valence-electron chi connectivity index (χ0n) is 39.0. The highest BCUT2D eigenvalue weighted by atomic mass is 16.6. The Kier molecular flexibility index (Phi) is 45.9. The summed E-state index contributed by atoms with van der Waals surface area (Å²) in [6.07, 6.45) is 56.6. The molecule has 0 aliphatic rings. The van der Waals surface area contributed by atoms with Crippen molar-refractivity contribution in [1.29, 1.82) is 0 Å². The molecule has 0 N–H and O–H groups in total. The van der Waals surface area contributed by atoms with Crippen molar-refractivity contribution >= 4 is 17.9 Å². The lowest BCUT2D eigenvalue weighted by molar-refractivity contribution is -0.167. The van der Waals surface area contributed by atoms with E-state index in [-0.39, 0.29) is 31.1 Å². The van der Waals surface area contributed by atoms with Gasteiger partial charge in [0.15, 0.2) is 6.10 Å².